The van der Waals surface area contributed by atoms with Crippen LogP contribution in [0.3, 0.4) is 0 Å². The Morgan fingerprint density at radius 2 is 2.23 bits per heavy atom. The predicted molar refractivity (Wildman–Crippen MR) is 47.3 cm³/mol. The van der Waals surface area contributed by atoms with Crippen LogP contribution in [0.1, 0.15) is 16.8 Å². The first-order valence-corrected chi connectivity index (χ1v) is 3.96. The van der Waals surface area contributed by atoms with Gasteiger partial charge in [0.15, 0.2) is 0 Å². The Hall–Kier alpha value is -1.13. The molecule has 13 heavy (non-hydrogen) atoms. The number of ether oxygens (including phenoxy) is 1. The molecule has 2 N–H and O–H groups in total. The van der Waals surface area contributed by atoms with E-state index in [0.717, 1.165) is 0 Å². The number of methoxy groups -OCH3 is 1. The van der Waals surface area contributed by atoms with E-state index in [-0.39, 0.29) is 12.4 Å². The molecule has 0 aliphatic rings. The molecule has 0 saturated heterocycles. The van der Waals surface area contributed by atoms with Crippen molar-refractivity contribution >= 4 is 0 Å². The summed E-state index contributed by atoms with van der Waals surface area (Å²) < 4.78 is 4.90. The van der Waals surface area contributed by atoms with E-state index in [0.29, 0.717) is 23.4 Å². The van der Waals surface area contributed by atoms with Crippen molar-refractivity contribution in [1.82, 2.24) is 4.98 Å². The third-order valence-corrected chi connectivity index (χ3v) is 1.89. The predicted octanol–water partition coefficient (Wildman–Crippen LogP) is 0.734. The first-order valence-electron chi connectivity index (χ1n) is 3.96. The van der Waals surface area contributed by atoms with Gasteiger partial charge in [-0.1, -0.05) is 0 Å². The second-order valence-electron chi connectivity index (χ2n) is 2.79. The Bertz CT molecular complexity index is 299. The maximum Gasteiger partial charge on any atom is 0.142 e. The van der Waals surface area contributed by atoms with Crippen molar-refractivity contribution in [2.24, 2.45) is 0 Å². The first kappa shape index (κ1) is 9.95. The number of aliphatic hydroxyl groups excluding tert-OH is 1. The van der Waals surface area contributed by atoms with Gasteiger partial charge in [-0.2, -0.15) is 0 Å². The van der Waals surface area contributed by atoms with E-state index >= 15 is 0 Å². The summed E-state index contributed by atoms with van der Waals surface area (Å²) in [6.45, 7) is 1.83. The van der Waals surface area contributed by atoms with E-state index in [1.54, 1.807) is 20.2 Å². The van der Waals surface area contributed by atoms with Crippen LogP contribution in [0.4, 0.5) is 0 Å². The molecule has 1 heterocycles. The third kappa shape index (κ3) is 1.96. The second-order valence-corrected chi connectivity index (χ2v) is 2.79. The molecule has 0 amide bonds. The summed E-state index contributed by atoms with van der Waals surface area (Å²) in [4.78, 5) is 3.96. The molecule has 4 heteroatoms. The van der Waals surface area contributed by atoms with E-state index in [4.69, 9.17) is 9.84 Å². The maximum absolute atomic E-state index is 9.53. The molecule has 0 saturated carbocycles. The van der Waals surface area contributed by atoms with Crippen LogP contribution in [0.5, 0.6) is 5.75 Å². The van der Waals surface area contributed by atoms with Crippen LogP contribution in [-0.2, 0) is 18.0 Å². The highest BCUT2D eigenvalue weighted by atomic mass is 16.5. The van der Waals surface area contributed by atoms with Crippen molar-refractivity contribution in [2.45, 2.75) is 20.1 Å². The molecule has 0 radical (unpaired) electrons. The standard InChI is InChI=1S/C9H13NO3/c1-6-9(12)8(4-11)7(3-10-6)5-13-2/h3,11-12H,4-5H2,1-2H3. The highest BCUT2D eigenvalue weighted by molar-refractivity contribution is 5.39. The molecule has 0 aliphatic heterocycles. The number of aromatic nitrogens is 1. The summed E-state index contributed by atoms with van der Waals surface area (Å²) in [5, 5.41) is 18.5. The molecule has 4 nitrogen and oxygen atoms in total. The van der Waals surface area contributed by atoms with Gasteiger partial charge in [0.1, 0.15) is 5.75 Å². The number of aryl methyl sites for hydroxylation is 1. The molecule has 1 aromatic rings. The lowest BCUT2D eigenvalue weighted by atomic mass is 10.1. The van der Waals surface area contributed by atoms with Crippen molar-refractivity contribution in [1.29, 1.82) is 0 Å². The summed E-state index contributed by atoms with van der Waals surface area (Å²) in [6, 6.07) is 0. The Morgan fingerprint density at radius 3 is 2.77 bits per heavy atom. The van der Waals surface area contributed by atoms with Gasteiger partial charge < -0.3 is 14.9 Å². The van der Waals surface area contributed by atoms with Gasteiger partial charge in [-0.05, 0) is 6.92 Å². The summed E-state index contributed by atoms with van der Waals surface area (Å²) >= 11 is 0. The second kappa shape index (κ2) is 4.20. The van der Waals surface area contributed by atoms with E-state index in [2.05, 4.69) is 4.98 Å². The van der Waals surface area contributed by atoms with Crippen molar-refractivity contribution in [3.8, 4) is 5.75 Å². The lowest BCUT2D eigenvalue weighted by Crippen LogP contribution is -1.99. The highest BCUT2D eigenvalue weighted by Gasteiger charge is 2.09. The number of aromatic hydroxyl groups is 1. The quantitative estimate of drug-likeness (QED) is 0.725. The number of aliphatic hydroxyl groups is 1. The molecule has 1 rings (SSSR count). The zero-order valence-electron chi connectivity index (χ0n) is 7.74. The van der Waals surface area contributed by atoms with Crippen molar-refractivity contribution in [3.63, 3.8) is 0 Å². The number of nitrogens with zero attached hydrogens (tertiary/aromatic N) is 1. The third-order valence-electron chi connectivity index (χ3n) is 1.89. The summed E-state index contributed by atoms with van der Waals surface area (Å²) in [7, 11) is 1.55. The molecular weight excluding hydrogens is 170 g/mol. The van der Waals surface area contributed by atoms with Gasteiger partial charge in [-0.3, -0.25) is 4.98 Å². The van der Waals surface area contributed by atoms with Gasteiger partial charge in [0, 0.05) is 24.4 Å². The van der Waals surface area contributed by atoms with Gasteiger partial charge in [0.2, 0.25) is 0 Å². The van der Waals surface area contributed by atoms with Gasteiger partial charge in [-0.15, -0.1) is 0 Å². The van der Waals surface area contributed by atoms with Crippen molar-refractivity contribution in [2.75, 3.05) is 7.11 Å². The number of pyridine rings is 1. The summed E-state index contributed by atoms with van der Waals surface area (Å²) in [5.74, 6) is 0.0528. The first-order chi connectivity index (χ1) is 6.20. The van der Waals surface area contributed by atoms with Gasteiger partial charge >= 0.3 is 0 Å². The minimum Gasteiger partial charge on any atom is -0.506 e. The molecule has 1 aromatic heterocycles. The average Bonchev–Trinajstić information content (AvgIpc) is 2.12. The van der Waals surface area contributed by atoms with E-state index in [1.807, 2.05) is 0 Å². The summed E-state index contributed by atoms with van der Waals surface area (Å²) in [5.41, 5.74) is 1.73. The molecule has 72 valence electrons. The maximum atomic E-state index is 9.53. The van der Waals surface area contributed by atoms with Crippen LogP contribution in [0.25, 0.3) is 0 Å². The number of rotatable bonds is 3. The minimum absolute atomic E-state index is 0.0528. The van der Waals surface area contributed by atoms with Gasteiger partial charge in [0.05, 0.1) is 18.9 Å². The highest BCUT2D eigenvalue weighted by Crippen LogP contribution is 2.23. The minimum atomic E-state index is -0.201. The van der Waals surface area contributed by atoms with E-state index in [1.165, 1.54) is 0 Å². The Labute approximate surface area is 76.8 Å². The van der Waals surface area contributed by atoms with Crippen molar-refractivity contribution in [3.05, 3.63) is 23.0 Å². The van der Waals surface area contributed by atoms with Gasteiger partial charge in [0.25, 0.3) is 0 Å². The number of hydrogen-bond acceptors (Lipinski definition) is 4. The van der Waals surface area contributed by atoms with Gasteiger partial charge in [-0.25, -0.2) is 0 Å². The fraction of sp³-hybridized carbons (Fsp3) is 0.444. The Balaban J connectivity index is 3.13. The fourth-order valence-corrected chi connectivity index (χ4v) is 1.14. The van der Waals surface area contributed by atoms with Crippen LogP contribution in [0, 0.1) is 6.92 Å². The Kier molecular flexibility index (Phi) is 3.22. The topological polar surface area (TPSA) is 62.6 Å². The van der Waals surface area contributed by atoms with Crippen molar-refractivity contribution < 1.29 is 14.9 Å². The normalized spacial score (nSPS) is 10.4. The smallest absolute Gasteiger partial charge is 0.142 e. The van der Waals surface area contributed by atoms with Crippen LogP contribution < -0.4 is 0 Å². The lowest BCUT2D eigenvalue weighted by Gasteiger charge is -2.09. The van der Waals surface area contributed by atoms with Crippen LogP contribution >= 0.6 is 0 Å². The molecule has 0 unspecified atom stereocenters. The fourth-order valence-electron chi connectivity index (χ4n) is 1.14. The largest absolute Gasteiger partial charge is 0.506 e. The van der Waals surface area contributed by atoms with Crippen LogP contribution in [-0.4, -0.2) is 22.3 Å². The monoisotopic (exact) mass is 183 g/mol. The summed E-state index contributed by atoms with van der Waals surface area (Å²) in [6.07, 6.45) is 1.60. The van der Waals surface area contributed by atoms with E-state index in [9.17, 15) is 5.11 Å². The molecule has 0 fully saturated rings. The average molecular weight is 183 g/mol. The molecular formula is C9H13NO3. The zero-order chi connectivity index (χ0) is 9.84. The molecule has 0 aromatic carbocycles. The molecule has 0 bridgehead atoms. The Morgan fingerprint density at radius 1 is 1.54 bits per heavy atom. The van der Waals surface area contributed by atoms with E-state index < -0.39 is 0 Å². The number of hydrogen-bond donors (Lipinski definition) is 2. The lowest BCUT2D eigenvalue weighted by molar-refractivity contribution is 0.180. The molecule has 0 aliphatic carbocycles. The van der Waals surface area contributed by atoms with Crippen LogP contribution in [0.15, 0.2) is 6.20 Å². The zero-order valence-corrected chi connectivity index (χ0v) is 7.74. The molecule has 0 atom stereocenters. The SMILES string of the molecule is COCc1cnc(C)c(O)c1CO. The van der Waals surface area contributed by atoms with Crippen LogP contribution in [0.2, 0.25) is 0 Å². The molecule has 0 spiro atoms.